The molecule has 1 fully saturated rings. The Bertz CT molecular complexity index is 413. The zero-order valence-electron chi connectivity index (χ0n) is 10.2. The molecule has 2 heterocycles. The van der Waals surface area contributed by atoms with E-state index >= 15 is 0 Å². The van der Waals surface area contributed by atoms with E-state index in [9.17, 15) is 5.11 Å². The molecule has 1 saturated heterocycles. The molecule has 3 rings (SSSR count). The Balaban J connectivity index is 1.89. The summed E-state index contributed by atoms with van der Waals surface area (Å²) in [6.45, 7) is 4.82. The van der Waals surface area contributed by atoms with Gasteiger partial charge in [0.05, 0.1) is 6.04 Å². The van der Waals surface area contributed by atoms with Crippen LogP contribution >= 0.6 is 0 Å². The molecule has 1 aromatic rings. The van der Waals surface area contributed by atoms with Crippen LogP contribution in [0, 0.1) is 6.92 Å². The first-order valence-electron chi connectivity index (χ1n) is 6.42. The highest BCUT2D eigenvalue weighted by Gasteiger charge is 2.35. The van der Waals surface area contributed by atoms with Crippen molar-refractivity contribution in [2.24, 2.45) is 0 Å². The monoisotopic (exact) mass is 233 g/mol. The Morgan fingerprint density at radius 3 is 2.82 bits per heavy atom. The fraction of sp³-hybridized carbons (Fsp3) is 0.571. The van der Waals surface area contributed by atoms with Gasteiger partial charge in [-0.25, -0.2) is 0 Å². The van der Waals surface area contributed by atoms with Gasteiger partial charge in [-0.2, -0.15) is 0 Å². The van der Waals surface area contributed by atoms with Crippen LogP contribution in [0.15, 0.2) is 18.2 Å². The SMILES string of the molecule is Cc1cccc2c1OCC(N1CCCC1)C2O. The summed E-state index contributed by atoms with van der Waals surface area (Å²) in [6, 6.07) is 6.14. The summed E-state index contributed by atoms with van der Waals surface area (Å²) in [5.74, 6) is 0.885. The Morgan fingerprint density at radius 2 is 2.06 bits per heavy atom. The number of fused-ring (bicyclic) bond motifs is 1. The maximum atomic E-state index is 10.5. The highest BCUT2D eigenvalue weighted by molar-refractivity contribution is 5.44. The molecule has 17 heavy (non-hydrogen) atoms. The number of hydrogen-bond donors (Lipinski definition) is 1. The quantitative estimate of drug-likeness (QED) is 0.804. The number of nitrogens with zero attached hydrogens (tertiary/aromatic N) is 1. The molecule has 3 heteroatoms. The van der Waals surface area contributed by atoms with Gasteiger partial charge in [-0.3, -0.25) is 4.90 Å². The van der Waals surface area contributed by atoms with Crippen molar-refractivity contribution in [2.45, 2.75) is 31.9 Å². The maximum Gasteiger partial charge on any atom is 0.128 e. The average molecular weight is 233 g/mol. The van der Waals surface area contributed by atoms with Gasteiger partial charge in [-0.15, -0.1) is 0 Å². The minimum Gasteiger partial charge on any atom is -0.491 e. The summed E-state index contributed by atoms with van der Waals surface area (Å²) in [5, 5.41) is 10.5. The van der Waals surface area contributed by atoms with Crippen molar-refractivity contribution in [1.82, 2.24) is 4.90 Å². The summed E-state index contributed by atoms with van der Waals surface area (Å²) >= 11 is 0. The van der Waals surface area contributed by atoms with Gasteiger partial charge >= 0.3 is 0 Å². The predicted molar refractivity (Wildman–Crippen MR) is 66.2 cm³/mol. The van der Waals surface area contributed by atoms with Gasteiger partial charge in [0.2, 0.25) is 0 Å². The second-order valence-corrected chi connectivity index (χ2v) is 5.06. The minimum atomic E-state index is -0.406. The first-order chi connectivity index (χ1) is 8.27. The van der Waals surface area contributed by atoms with E-state index in [1.165, 1.54) is 12.8 Å². The number of benzene rings is 1. The molecule has 2 unspecified atom stereocenters. The van der Waals surface area contributed by atoms with Crippen molar-refractivity contribution in [3.05, 3.63) is 29.3 Å². The number of para-hydroxylation sites is 1. The Morgan fingerprint density at radius 1 is 1.29 bits per heavy atom. The molecule has 92 valence electrons. The number of ether oxygens (including phenoxy) is 1. The Hall–Kier alpha value is -1.06. The van der Waals surface area contributed by atoms with Crippen molar-refractivity contribution >= 4 is 0 Å². The molecule has 1 aromatic carbocycles. The van der Waals surface area contributed by atoms with Crippen LogP contribution in [0.4, 0.5) is 0 Å². The third kappa shape index (κ3) is 1.83. The van der Waals surface area contributed by atoms with Crippen LogP contribution in [0.25, 0.3) is 0 Å². The second kappa shape index (κ2) is 4.31. The molecule has 2 aliphatic heterocycles. The van der Waals surface area contributed by atoms with Gasteiger partial charge in [-0.1, -0.05) is 18.2 Å². The Labute approximate surface area is 102 Å². The second-order valence-electron chi connectivity index (χ2n) is 5.06. The van der Waals surface area contributed by atoms with E-state index in [1.54, 1.807) is 0 Å². The molecule has 2 aliphatic rings. The molecule has 0 radical (unpaired) electrons. The van der Waals surface area contributed by atoms with Crippen LogP contribution < -0.4 is 4.74 Å². The normalized spacial score (nSPS) is 28.8. The number of rotatable bonds is 1. The lowest BCUT2D eigenvalue weighted by Crippen LogP contribution is -2.44. The van der Waals surface area contributed by atoms with Crippen LogP contribution in [0.5, 0.6) is 5.75 Å². The molecular formula is C14H19NO2. The van der Waals surface area contributed by atoms with Gasteiger partial charge in [0.25, 0.3) is 0 Å². The van der Waals surface area contributed by atoms with Crippen LogP contribution in [0.1, 0.15) is 30.1 Å². The van der Waals surface area contributed by atoms with Crippen LogP contribution in [-0.4, -0.2) is 35.7 Å². The summed E-state index contributed by atoms with van der Waals surface area (Å²) in [7, 11) is 0. The zero-order valence-corrected chi connectivity index (χ0v) is 10.2. The molecule has 0 bridgehead atoms. The first kappa shape index (κ1) is 11.1. The number of aliphatic hydroxyl groups is 1. The molecular weight excluding hydrogens is 214 g/mol. The summed E-state index contributed by atoms with van der Waals surface area (Å²) in [4.78, 5) is 2.36. The smallest absolute Gasteiger partial charge is 0.128 e. The lowest BCUT2D eigenvalue weighted by atomic mass is 9.96. The molecule has 0 aliphatic carbocycles. The molecule has 1 N–H and O–H groups in total. The highest BCUT2D eigenvalue weighted by Crippen LogP contribution is 2.37. The third-order valence-corrected chi connectivity index (χ3v) is 3.93. The van der Waals surface area contributed by atoms with E-state index in [-0.39, 0.29) is 6.04 Å². The van der Waals surface area contributed by atoms with E-state index in [1.807, 2.05) is 25.1 Å². The molecule has 3 nitrogen and oxygen atoms in total. The number of aryl methyl sites for hydroxylation is 1. The summed E-state index contributed by atoms with van der Waals surface area (Å²) < 4.78 is 5.85. The predicted octanol–water partition coefficient (Wildman–Crippen LogP) is 1.89. The maximum absolute atomic E-state index is 10.5. The lowest BCUT2D eigenvalue weighted by molar-refractivity contribution is 0.0137. The van der Waals surface area contributed by atoms with E-state index < -0.39 is 6.10 Å². The van der Waals surface area contributed by atoms with Crippen molar-refractivity contribution in [1.29, 1.82) is 0 Å². The lowest BCUT2D eigenvalue weighted by Gasteiger charge is -2.36. The van der Waals surface area contributed by atoms with Gasteiger partial charge in [0.1, 0.15) is 18.5 Å². The van der Waals surface area contributed by atoms with Crippen LogP contribution in [0.3, 0.4) is 0 Å². The van der Waals surface area contributed by atoms with Crippen LogP contribution in [0.2, 0.25) is 0 Å². The number of likely N-dealkylation sites (tertiary alicyclic amines) is 1. The molecule has 0 aromatic heterocycles. The third-order valence-electron chi connectivity index (χ3n) is 3.93. The molecule has 0 spiro atoms. The number of aliphatic hydroxyl groups excluding tert-OH is 1. The fourth-order valence-electron chi connectivity index (χ4n) is 2.95. The van der Waals surface area contributed by atoms with Gasteiger partial charge in [0.15, 0.2) is 0 Å². The molecule has 2 atom stereocenters. The summed E-state index contributed by atoms with van der Waals surface area (Å²) in [6.07, 6.45) is 2.07. The van der Waals surface area contributed by atoms with Crippen molar-refractivity contribution in [3.8, 4) is 5.75 Å². The first-order valence-corrected chi connectivity index (χ1v) is 6.42. The largest absolute Gasteiger partial charge is 0.491 e. The minimum absolute atomic E-state index is 0.131. The molecule has 0 amide bonds. The topological polar surface area (TPSA) is 32.7 Å². The van der Waals surface area contributed by atoms with Crippen molar-refractivity contribution < 1.29 is 9.84 Å². The standard InChI is InChI=1S/C14H19NO2/c1-10-5-4-6-11-13(16)12(9-17-14(10)11)15-7-2-3-8-15/h4-6,12-13,16H,2-3,7-9H2,1H3. The molecule has 0 saturated carbocycles. The van der Waals surface area contributed by atoms with Gasteiger partial charge < -0.3 is 9.84 Å². The van der Waals surface area contributed by atoms with Crippen LogP contribution in [-0.2, 0) is 0 Å². The van der Waals surface area contributed by atoms with Crippen molar-refractivity contribution in [2.75, 3.05) is 19.7 Å². The highest BCUT2D eigenvalue weighted by atomic mass is 16.5. The van der Waals surface area contributed by atoms with E-state index in [0.717, 1.165) is 30.0 Å². The summed E-state index contributed by atoms with van der Waals surface area (Å²) in [5.41, 5.74) is 2.06. The van der Waals surface area contributed by atoms with E-state index in [4.69, 9.17) is 4.74 Å². The van der Waals surface area contributed by atoms with Gasteiger partial charge in [-0.05, 0) is 38.4 Å². The van der Waals surface area contributed by atoms with E-state index in [0.29, 0.717) is 6.61 Å². The van der Waals surface area contributed by atoms with Gasteiger partial charge in [0, 0.05) is 5.56 Å². The Kier molecular flexibility index (Phi) is 2.81. The average Bonchev–Trinajstić information content (AvgIpc) is 2.84. The van der Waals surface area contributed by atoms with Crippen molar-refractivity contribution in [3.63, 3.8) is 0 Å². The fourth-order valence-corrected chi connectivity index (χ4v) is 2.95. The van der Waals surface area contributed by atoms with E-state index in [2.05, 4.69) is 4.90 Å². The zero-order chi connectivity index (χ0) is 11.8. The number of hydrogen-bond acceptors (Lipinski definition) is 3.